The lowest BCUT2D eigenvalue weighted by Crippen LogP contribution is -2.36. The van der Waals surface area contributed by atoms with Crippen LogP contribution in [-0.4, -0.2) is 35.6 Å². The number of hydrogen-bond donors (Lipinski definition) is 1. The number of carbonyl (C=O) groups excluding carboxylic acids is 1. The molecule has 2 aromatic rings. The van der Waals surface area contributed by atoms with Crippen molar-refractivity contribution in [1.82, 2.24) is 15.3 Å². The number of nitrogens with one attached hydrogen (secondary N) is 1. The highest BCUT2D eigenvalue weighted by Crippen LogP contribution is 2.08. The first kappa shape index (κ1) is 12.4. The predicted molar refractivity (Wildman–Crippen MR) is 68.3 cm³/mol. The number of benzene rings is 1. The van der Waals surface area contributed by atoms with Crippen LogP contribution in [0.1, 0.15) is 17.4 Å². The maximum atomic E-state index is 11.9. The second-order valence-electron chi connectivity index (χ2n) is 4.07. The van der Waals surface area contributed by atoms with Gasteiger partial charge >= 0.3 is 0 Å². The molecule has 1 aromatic heterocycles. The third-order valence-electron chi connectivity index (χ3n) is 2.48. The van der Waals surface area contributed by atoms with Gasteiger partial charge in [-0.2, -0.15) is 0 Å². The Hall–Kier alpha value is -2.01. The highest BCUT2D eigenvalue weighted by atomic mass is 16.5. The lowest BCUT2D eigenvalue weighted by Gasteiger charge is -2.12. The summed E-state index contributed by atoms with van der Waals surface area (Å²) < 4.78 is 4.96. The minimum absolute atomic E-state index is 0.0595. The van der Waals surface area contributed by atoms with Crippen LogP contribution in [0, 0.1) is 0 Å². The van der Waals surface area contributed by atoms with Crippen molar-refractivity contribution in [3.63, 3.8) is 0 Å². The number of nitrogens with zero attached hydrogens (tertiary/aromatic N) is 2. The van der Waals surface area contributed by atoms with E-state index in [1.807, 2.05) is 31.2 Å². The zero-order chi connectivity index (χ0) is 13.0. The summed E-state index contributed by atoms with van der Waals surface area (Å²) in [7, 11) is 1.60. The van der Waals surface area contributed by atoms with Crippen LogP contribution in [0.4, 0.5) is 0 Å². The number of methoxy groups -OCH3 is 1. The number of ether oxygens (including phenoxy) is 1. The van der Waals surface area contributed by atoms with Crippen LogP contribution in [-0.2, 0) is 4.74 Å². The summed E-state index contributed by atoms with van der Waals surface area (Å²) in [5.74, 6) is -0.238. The van der Waals surface area contributed by atoms with Gasteiger partial charge in [0.05, 0.1) is 23.8 Å². The quantitative estimate of drug-likeness (QED) is 0.884. The minimum atomic E-state index is -0.238. The van der Waals surface area contributed by atoms with E-state index >= 15 is 0 Å². The molecule has 1 unspecified atom stereocenters. The SMILES string of the molecule is COCC(C)NC(=O)c1cnc2ccccc2n1. The molecule has 1 atom stereocenters. The molecule has 18 heavy (non-hydrogen) atoms. The molecule has 1 aromatic carbocycles. The minimum Gasteiger partial charge on any atom is -0.383 e. The van der Waals surface area contributed by atoms with Crippen LogP contribution in [0.2, 0.25) is 0 Å². The summed E-state index contributed by atoms with van der Waals surface area (Å²) in [4.78, 5) is 20.4. The number of carbonyl (C=O) groups is 1. The molecule has 1 amide bonds. The molecule has 0 saturated heterocycles. The fraction of sp³-hybridized carbons (Fsp3) is 0.308. The molecule has 2 rings (SSSR count). The third kappa shape index (κ3) is 2.81. The van der Waals surface area contributed by atoms with Crippen molar-refractivity contribution in [2.45, 2.75) is 13.0 Å². The average molecular weight is 245 g/mol. The Bertz CT molecular complexity index is 557. The van der Waals surface area contributed by atoms with Gasteiger partial charge in [-0.25, -0.2) is 4.98 Å². The Morgan fingerprint density at radius 3 is 2.83 bits per heavy atom. The molecule has 0 radical (unpaired) electrons. The molecule has 0 aliphatic heterocycles. The fourth-order valence-corrected chi connectivity index (χ4v) is 1.66. The second-order valence-corrected chi connectivity index (χ2v) is 4.07. The lowest BCUT2D eigenvalue weighted by atomic mass is 10.3. The molecule has 1 heterocycles. The number of fused-ring (bicyclic) bond motifs is 1. The Balaban J connectivity index is 2.17. The molecule has 0 bridgehead atoms. The van der Waals surface area contributed by atoms with Gasteiger partial charge in [-0.1, -0.05) is 12.1 Å². The van der Waals surface area contributed by atoms with E-state index < -0.39 is 0 Å². The van der Waals surface area contributed by atoms with Crippen LogP contribution in [0.5, 0.6) is 0 Å². The summed E-state index contributed by atoms with van der Waals surface area (Å²) in [5, 5.41) is 2.80. The van der Waals surface area contributed by atoms with E-state index in [1.165, 1.54) is 6.20 Å². The Morgan fingerprint density at radius 1 is 1.39 bits per heavy atom. The molecule has 1 N–H and O–H groups in total. The topological polar surface area (TPSA) is 64.1 Å². The molecule has 0 saturated carbocycles. The predicted octanol–water partition coefficient (Wildman–Crippen LogP) is 1.39. The standard InChI is InChI=1S/C13H15N3O2/c1-9(8-18-2)15-13(17)12-7-14-10-5-3-4-6-11(10)16-12/h3-7,9H,8H2,1-2H3,(H,15,17). The second kappa shape index (κ2) is 5.55. The van der Waals surface area contributed by atoms with Gasteiger partial charge < -0.3 is 10.1 Å². The third-order valence-corrected chi connectivity index (χ3v) is 2.48. The molecule has 0 spiro atoms. The van der Waals surface area contributed by atoms with E-state index in [0.29, 0.717) is 17.8 Å². The number of aromatic nitrogens is 2. The maximum absolute atomic E-state index is 11.9. The van der Waals surface area contributed by atoms with Crippen LogP contribution in [0.25, 0.3) is 11.0 Å². The van der Waals surface area contributed by atoms with E-state index in [1.54, 1.807) is 7.11 Å². The summed E-state index contributed by atoms with van der Waals surface area (Å²) in [6.45, 7) is 2.34. The molecule has 5 nitrogen and oxygen atoms in total. The molecule has 5 heteroatoms. The summed E-state index contributed by atoms with van der Waals surface area (Å²) in [6.07, 6.45) is 1.48. The van der Waals surface area contributed by atoms with Crippen LogP contribution in [0.15, 0.2) is 30.5 Å². The summed E-state index contributed by atoms with van der Waals surface area (Å²) >= 11 is 0. The van der Waals surface area contributed by atoms with Crippen molar-refractivity contribution in [3.8, 4) is 0 Å². The van der Waals surface area contributed by atoms with Crippen molar-refractivity contribution >= 4 is 16.9 Å². The van der Waals surface area contributed by atoms with E-state index in [4.69, 9.17) is 4.74 Å². The van der Waals surface area contributed by atoms with Gasteiger partial charge in [0.2, 0.25) is 0 Å². The van der Waals surface area contributed by atoms with Gasteiger partial charge in [-0.05, 0) is 19.1 Å². The Labute approximate surface area is 105 Å². The summed E-state index contributed by atoms with van der Waals surface area (Å²) in [5.41, 5.74) is 1.81. The summed E-state index contributed by atoms with van der Waals surface area (Å²) in [6, 6.07) is 7.38. The van der Waals surface area contributed by atoms with Gasteiger partial charge in [0.1, 0.15) is 5.69 Å². The molecule has 0 fully saturated rings. The number of amides is 1. The lowest BCUT2D eigenvalue weighted by molar-refractivity contribution is 0.0900. The first-order chi connectivity index (χ1) is 8.70. The number of hydrogen-bond acceptors (Lipinski definition) is 4. The van der Waals surface area contributed by atoms with Crippen LogP contribution < -0.4 is 5.32 Å². The average Bonchev–Trinajstić information content (AvgIpc) is 2.38. The van der Waals surface area contributed by atoms with Crippen molar-refractivity contribution in [3.05, 3.63) is 36.2 Å². The first-order valence-corrected chi connectivity index (χ1v) is 5.72. The molecular formula is C13H15N3O2. The largest absolute Gasteiger partial charge is 0.383 e. The molecule has 0 aliphatic rings. The van der Waals surface area contributed by atoms with Crippen molar-refractivity contribution in [2.24, 2.45) is 0 Å². The van der Waals surface area contributed by atoms with Gasteiger partial charge in [-0.15, -0.1) is 0 Å². The van der Waals surface area contributed by atoms with Crippen LogP contribution >= 0.6 is 0 Å². The van der Waals surface area contributed by atoms with Gasteiger partial charge in [-0.3, -0.25) is 9.78 Å². The highest BCUT2D eigenvalue weighted by Gasteiger charge is 2.11. The normalized spacial score (nSPS) is 12.3. The number of para-hydroxylation sites is 2. The van der Waals surface area contributed by atoms with Gasteiger partial charge in [0, 0.05) is 13.2 Å². The fourth-order valence-electron chi connectivity index (χ4n) is 1.66. The van der Waals surface area contributed by atoms with Gasteiger partial charge in [0.25, 0.3) is 5.91 Å². The van der Waals surface area contributed by atoms with Gasteiger partial charge in [0.15, 0.2) is 0 Å². The Morgan fingerprint density at radius 2 is 2.11 bits per heavy atom. The van der Waals surface area contributed by atoms with E-state index in [2.05, 4.69) is 15.3 Å². The van der Waals surface area contributed by atoms with Crippen LogP contribution in [0.3, 0.4) is 0 Å². The van der Waals surface area contributed by atoms with Crippen molar-refractivity contribution in [2.75, 3.05) is 13.7 Å². The maximum Gasteiger partial charge on any atom is 0.271 e. The van der Waals surface area contributed by atoms with E-state index in [0.717, 1.165) is 5.52 Å². The molecule has 0 aliphatic carbocycles. The Kier molecular flexibility index (Phi) is 3.84. The molecule has 94 valence electrons. The monoisotopic (exact) mass is 245 g/mol. The van der Waals surface area contributed by atoms with E-state index in [9.17, 15) is 4.79 Å². The smallest absolute Gasteiger partial charge is 0.271 e. The zero-order valence-electron chi connectivity index (χ0n) is 10.4. The van der Waals surface area contributed by atoms with Crippen molar-refractivity contribution in [1.29, 1.82) is 0 Å². The number of rotatable bonds is 4. The highest BCUT2D eigenvalue weighted by molar-refractivity contribution is 5.93. The zero-order valence-corrected chi connectivity index (χ0v) is 10.4. The molecular weight excluding hydrogens is 230 g/mol. The van der Waals surface area contributed by atoms with Crippen molar-refractivity contribution < 1.29 is 9.53 Å². The first-order valence-electron chi connectivity index (χ1n) is 5.72. The van der Waals surface area contributed by atoms with E-state index in [-0.39, 0.29) is 11.9 Å².